The Morgan fingerprint density at radius 2 is 1.17 bits per heavy atom. The molecule has 180 valence electrons. The molecule has 30 heavy (non-hydrogen) atoms. The van der Waals surface area contributed by atoms with E-state index < -0.39 is 65.9 Å². The predicted molar refractivity (Wildman–Crippen MR) is 76.4 cm³/mol. The van der Waals surface area contributed by atoms with Crippen molar-refractivity contribution in [1.82, 2.24) is 20.7 Å². The van der Waals surface area contributed by atoms with E-state index in [1.54, 1.807) is 16.0 Å². The molecule has 0 aliphatic carbocycles. The van der Waals surface area contributed by atoms with Crippen molar-refractivity contribution in [3.63, 3.8) is 0 Å². The Bertz CT molecular complexity index is 890. The molecule has 1 rings (SSSR count). The van der Waals surface area contributed by atoms with Crippen LogP contribution in [0.25, 0.3) is 0 Å². The fraction of sp³-hybridized carbons (Fsp3) is 1.00. The molecule has 0 spiro atoms. The first kappa shape index (κ1) is 27.0. The highest BCUT2D eigenvalue weighted by Crippen LogP contribution is 2.22. The second-order valence-corrected chi connectivity index (χ2v) is 9.84. The van der Waals surface area contributed by atoms with Gasteiger partial charge in [0.05, 0.1) is 0 Å². The highest BCUT2D eigenvalue weighted by Gasteiger charge is 2.48. The topological polar surface area (TPSA) is 160 Å². The van der Waals surface area contributed by atoms with Crippen LogP contribution in [0.1, 0.15) is 0 Å². The third-order valence-electron chi connectivity index (χ3n) is 2.68. The third kappa shape index (κ3) is 6.49. The van der Waals surface area contributed by atoms with E-state index >= 15 is 0 Å². The van der Waals surface area contributed by atoms with Gasteiger partial charge < -0.3 is 0 Å². The van der Waals surface area contributed by atoms with Crippen LogP contribution >= 0.6 is 0 Å². The van der Waals surface area contributed by atoms with E-state index in [0.29, 0.717) is 0 Å². The largest absolute Gasteiger partial charge is 0.511 e. The van der Waals surface area contributed by atoms with Crippen LogP contribution in [0, 0.1) is 0 Å². The van der Waals surface area contributed by atoms with Crippen molar-refractivity contribution in [2.75, 3.05) is 0 Å². The summed E-state index contributed by atoms with van der Waals surface area (Å²) in [6.45, 7) is 0. The maximum atomic E-state index is 12.6. The van der Waals surface area contributed by atoms with Crippen molar-refractivity contribution in [2.24, 2.45) is 8.73 Å². The van der Waals surface area contributed by atoms with Crippen LogP contribution in [0.4, 0.5) is 39.8 Å². The SMILES string of the molecule is O=S(=O)(NC1NC(N=S(=O)(OF)C(F)F)NC(N=S(=O)(OF)C(F)F)N1)C(F)(F)F. The molecular formula is C6H9F9N6O6S3. The summed E-state index contributed by atoms with van der Waals surface area (Å²) >= 11 is 0. The normalized spacial score (nSPS) is 27.5. The van der Waals surface area contributed by atoms with E-state index in [-0.39, 0.29) is 0 Å². The lowest BCUT2D eigenvalue weighted by Crippen LogP contribution is -2.71. The first-order valence-electron chi connectivity index (χ1n) is 6.53. The van der Waals surface area contributed by atoms with E-state index in [9.17, 15) is 56.6 Å². The van der Waals surface area contributed by atoms with Crippen molar-refractivity contribution in [3.05, 3.63) is 0 Å². The zero-order chi connectivity index (χ0) is 23.5. The van der Waals surface area contributed by atoms with Crippen LogP contribution in [0.2, 0.25) is 0 Å². The highest BCUT2D eigenvalue weighted by molar-refractivity contribution is 7.90. The number of halogens is 9. The molecule has 4 atom stereocenters. The minimum absolute atomic E-state index is 0.796. The summed E-state index contributed by atoms with van der Waals surface area (Å²) in [7, 11) is -17.3. The first-order chi connectivity index (χ1) is 13.5. The lowest BCUT2D eigenvalue weighted by Gasteiger charge is -2.35. The summed E-state index contributed by atoms with van der Waals surface area (Å²) in [4.78, 5) is 0. The van der Waals surface area contributed by atoms with Gasteiger partial charge in [0.1, 0.15) is 6.29 Å². The Balaban J connectivity index is 3.40. The number of hydrogen-bond donors (Lipinski definition) is 4. The fourth-order valence-electron chi connectivity index (χ4n) is 1.49. The Hall–Kier alpha value is -1.02. The lowest BCUT2D eigenvalue weighted by molar-refractivity contribution is -0.0457. The van der Waals surface area contributed by atoms with Gasteiger partial charge in [-0.2, -0.15) is 44.2 Å². The number of nitrogens with zero attached hydrogens (tertiary/aromatic N) is 2. The summed E-state index contributed by atoms with van der Waals surface area (Å²) in [6, 6.07) is 0. The monoisotopic (exact) mass is 528 g/mol. The summed E-state index contributed by atoms with van der Waals surface area (Å²) in [5.41, 5.74) is -5.95. The van der Waals surface area contributed by atoms with E-state index in [4.69, 9.17) is 0 Å². The molecule has 0 bridgehead atoms. The van der Waals surface area contributed by atoms with Gasteiger partial charge in [0.15, 0.2) is 12.6 Å². The molecule has 0 aromatic heterocycles. The molecule has 1 fully saturated rings. The van der Waals surface area contributed by atoms with Gasteiger partial charge in [-0.15, -0.1) is 0 Å². The molecule has 24 heteroatoms. The van der Waals surface area contributed by atoms with Gasteiger partial charge >= 0.3 is 27.0 Å². The molecule has 12 nitrogen and oxygen atoms in total. The average Bonchev–Trinajstić information content (AvgIpc) is 2.59. The molecule has 4 unspecified atom stereocenters. The number of nitrogens with one attached hydrogen (secondary N) is 4. The number of rotatable bonds is 8. The summed E-state index contributed by atoms with van der Waals surface area (Å²) in [5.74, 6) is -8.33. The van der Waals surface area contributed by atoms with Crippen molar-refractivity contribution in [2.45, 2.75) is 35.9 Å². The minimum Gasteiger partial charge on any atom is -0.254 e. The average molecular weight is 528 g/mol. The molecule has 1 saturated heterocycles. The zero-order valence-corrected chi connectivity index (χ0v) is 15.8. The smallest absolute Gasteiger partial charge is 0.254 e. The molecule has 1 aliphatic heterocycles. The molecule has 1 aliphatic rings. The minimum atomic E-state index is -6.21. The molecule has 0 saturated carbocycles. The Morgan fingerprint density at radius 1 is 0.800 bits per heavy atom. The standard InChI is InChI=1S/C6H9F9N6O6S3/c7-1(8)28(22,26-14)19-3-16-4(20-29(23,27-15)2(9)10)18-5(17-3)21-30(24,25)6(11,12)13/h1-5,16-18,21H. The summed E-state index contributed by atoms with van der Waals surface area (Å²) in [6.07, 6.45) is -7.44. The van der Waals surface area contributed by atoms with Crippen molar-refractivity contribution in [3.8, 4) is 0 Å². The maximum Gasteiger partial charge on any atom is 0.511 e. The van der Waals surface area contributed by atoms with E-state index in [2.05, 4.69) is 17.5 Å². The van der Waals surface area contributed by atoms with Gasteiger partial charge in [0, 0.05) is 0 Å². The molecule has 0 amide bonds. The molecule has 1 heterocycles. The van der Waals surface area contributed by atoms with Crippen molar-refractivity contribution < 1.29 is 65.4 Å². The van der Waals surface area contributed by atoms with E-state index in [1.807, 2.05) is 0 Å². The third-order valence-corrected chi connectivity index (χ3v) is 6.10. The first-order valence-corrected chi connectivity index (χ1v) is 11.0. The van der Waals surface area contributed by atoms with E-state index in [0.717, 1.165) is 4.72 Å². The van der Waals surface area contributed by atoms with Crippen LogP contribution in [-0.4, -0.2) is 52.7 Å². The van der Waals surface area contributed by atoms with Gasteiger partial charge in [-0.25, -0.2) is 22.2 Å². The van der Waals surface area contributed by atoms with Gasteiger partial charge in [-0.05, 0) is 9.05 Å². The van der Waals surface area contributed by atoms with Gasteiger partial charge in [0.2, 0.25) is 0 Å². The van der Waals surface area contributed by atoms with E-state index in [1.165, 1.54) is 0 Å². The van der Waals surface area contributed by atoms with Gasteiger partial charge in [-0.3, -0.25) is 10.6 Å². The van der Waals surface area contributed by atoms with Gasteiger partial charge in [-0.1, -0.05) is 8.78 Å². The quantitative estimate of drug-likeness (QED) is 0.320. The second kappa shape index (κ2) is 9.63. The van der Waals surface area contributed by atoms with Crippen molar-refractivity contribution in [1.29, 1.82) is 0 Å². The summed E-state index contributed by atoms with van der Waals surface area (Å²) < 4.78 is 168. The molecule has 0 radical (unpaired) electrons. The second-order valence-electron chi connectivity index (χ2n) is 4.69. The fourth-order valence-corrected chi connectivity index (χ4v) is 3.26. The van der Waals surface area contributed by atoms with Crippen LogP contribution in [0.3, 0.4) is 0 Å². The van der Waals surface area contributed by atoms with Crippen LogP contribution < -0.4 is 20.7 Å². The molecular weight excluding hydrogens is 519 g/mol. The Morgan fingerprint density at radius 3 is 1.43 bits per heavy atom. The van der Waals surface area contributed by atoms with Crippen LogP contribution in [0.15, 0.2) is 8.73 Å². The molecule has 4 N–H and O–H groups in total. The van der Waals surface area contributed by atoms with Crippen LogP contribution in [0.5, 0.6) is 0 Å². The Labute approximate surface area is 161 Å². The highest BCUT2D eigenvalue weighted by atomic mass is 32.2. The number of hydrogen-bond acceptors (Lipinski definition) is 11. The lowest BCUT2D eigenvalue weighted by atomic mass is 10.6. The summed E-state index contributed by atoms with van der Waals surface area (Å²) in [5, 5.41) is 4.76. The predicted octanol–water partition coefficient (Wildman–Crippen LogP) is 0.0722. The van der Waals surface area contributed by atoms with Gasteiger partial charge in [0.25, 0.3) is 20.0 Å². The van der Waals surface area contributed by atoms with Crippen molar-refractivity contribution >= 4 is 30.0 Å². The Kier molecular flexibility index (Phi) is 8.67. The van der Waals surface area contributed by atoms with Crippen LogP contribution in [-0.2, 0) is 38.8 Å². The molecule has 0 aromatic carbocycles. The maximum absolute atomic E-state index is 12.6. The number of sulfonamides is 1. The zero-order valence-electron chi connectivity index (χ0n) is 13.4. The number of alkyl halides is 7. The molecule has 0 aromatic rings.